The van der Waals surface area contributed by atoms with Crippen LogP contribution in [-0.4, -0.2) is 44.3 Å². The van der Waals surface area contributed by atoms with Gasteiger partial charge in [-0.05, 0) is 48.9 Å². The molecule has 0 unspecified atom stereocenters. The molecule has 0 N–H and O–H groups in total. The molecule has 0 radical (unpaired) electrons. The fourth-order valence-electron chi connectivity index (χ4n) is 5.64. The number of carbonyl (C=O) groups excluding carboxylic acids is 2. The van der Waals surface area contributed by atoms with Gasteiger partial charge in [-0.1, -0.05) is 47.7 Å². The maximum atomic E-state index is 14.2. The molecule has 1 amide bonds. The van der Waals surface area contributed by atoms with E-state index in [-0.39, 0.29) is 5.91 Å². The minimum Gasteiger partial charge on any atom is -0.329 e. The van der Waals surface area contributed by atoms with Gasteiger partial charge in [-0.15, -0.1) is 11.7 Å². The van der Waals surface area contributed by atoms with Crippen LogP contribution in [0.1, 0.15) is 35.2 Å². The molecule has 2 heterocycles. The van der Waals surface area contributed by atoms with E-state index in [1.165, 1.54) is 10.2 Å². The zero-order chi connectivity index (χ0) is 20.1. The number of benzene rings is 2. The number of hydrogen-bond donors (Lipinski definition) is 0. The molecular weight excluding hydrogens is 364 g/mol. The summed E-state index contributed by atoms with van der Waals surface area (Å²) in [5, 5.41) is 8.36. The second-order valence-electron chi connectivity index (χ2n) is 7.94. The number of fused-ring (bicyclic) bond motifs is 4. The zero-order valence-corrected chi connectivity index (χ0v) is 16.1. The molecule has 2 atom stereocenters. The average molecular weight is 386 g/mol. The molecule has 1 aliphatic heterocycles. The Labute approximate surface area is 168 Å². The molecule has 0 spiro atoms. The van der Waals surface area contributed by atoms with Crippen molar-refractivity contribution in [2.45, 2.75) is 36.6 Å². The van der Waals surface area contributed by atoms with E-state index in [4.69, 9.17) is 0 Å². The number of hydrogen-bond acceptors (Lipinski definition) is 4. The highest BCUT2D eigenvalue weighted by Gasteiger charge is 2.66. The third-order valence-corrected chi connectivity index (χ3v) is 6.87. The number of aryl methyl sites for hydroxylation is 1. The summed E-state index contributed by atoms with van der Waals surface area (Å²) in [6, 6.07) is 15.7. The third-order valence-electron chi connectivity index (χ3n) is 6.87. The minimum atomic E-state index is -1.01. The Kier molecular flexibility index (Phi) is 3.91. The Morgan fingerprint density at radius 3 is 2.76 bits per heavy atom. The standard InChI is InChI=1S/C23H22N4O2/c1-2-12-22-14-15-26(16-28)23(22,13-11-17-7-3-4-8-18(17)22)21(29)27-20-10-6-5-9-19(20)24-25-27/h2-10,16H,1,11-15H2/t22-,23-/m1/s1. The Hall–Kier alpha value is -3.28. The van der Waals surface area contributed by atoms with Crippen LogP contribution >= 0.6 is 0 Å². The second kappa shape index (κ2) is 6.37. The molecule has 3 aromatic rings. The fourth-order valence-corrected chi connectivity index (χ4v) is 5.64. The average Bonchev–Trinajstić information content (AvgIpc) is 3.33. The quantitative estimate of drug-likeness (QED) is 0.510. The van der Waals surface area contributed by atoms with Crippen molar-refractivity contribution in [3.63, 3.8) is 0 Å². The fraction of sp³-hybridized carbons (Fsp3) is 0.304. The van der Waals surface area contributed by atoms with E-state index in [0.29, 0.717) is 36.8 Å². The van der Waals surface area contributed by atoms with Crippen LogP contribution in [0.2, 0.25) is 0 Å². The highest BCUT2D eigenvalue weighted by Crippen LogP contribution is 2.56. The van der Waals surface area contributed by atoms with Crippen molar-refractivity contribution in [3.8, 4) is 0 Å². The third kappa shape index (κ3) is 2.17. The topological polar surface area (TPSA) is 68.1 Å². The first-order valence-electron chi connectivity index (χ1n) is 9.94. The van der Waals surface area contributed by atoms with Gasteiger partial charge >= 0.3 is 0 Å². The monoisotopic (exact) mass is 386 g/mol. The molecule has 6 heteroatoms. The van der Waals surface area contributed by atoms with E-state index >= 15 is 0 Å². The first-order valence-corrected chi connectivity index (χ1v) is 9.94. The predicted octanol–water partition coefficient (Wildman–Crippen LogP) is 3.13. The number of nitrogens with zero attached hydrogens (tertiary/aromatic N) is 4. The van der Waals surface area contributed by atoms with Crippen LogP contribution in [0.3, 0.4) is 0 Å². The van der Waals surface area contributed by atoms with Gasteiger partial charge in [-0.2, -0.15) is 4.68 Å². The number of amides is 1. The lowest BCUT2D eigenvalue weighted by Crippen LogP contribution is -2.64. The van der Waals surface area contributed by atoms with Gasteiger partial charge in [0.25, 0.3) is 5.91 Å². The molecule has 6 nitrogen and oxygen atoms in total. The lowest BCUT2D eigenvalue weighted by Gasteiger charge is -2.50. The van der Waals surface area contributed by atoms with Gasteiger partial charge in [-0.25, -0.2) is 0 Å². The van der Waals surface area contributed by atoms with E-state index in [2.05, 4.69) is 29.0 Å². The van der Waals surface area contributed by atoms with Crippen molar-refractivity contribution in [1.29, 1.82) is 0 Å². The molecule has 0 bridgehead atoms. The summed E-state index contributed by atoms with van der Waals surface area (Å²) in [4.78, 5) is 28.0. The van der Waals surface area contributed by atoms with Gasteiger partial charge in [0.05, 0.1) is 5.52 Å². The van der Waals surface area contributed by atoms with Gasteiger partial charge in [0.1, 0.15) is 11.1 Å². The molecule has 1 fully saturated rings. The van der Waals surface area contributed by atoms with Crippen molar-refractivity contribution in [3.05, 3.63) is 72.3 Å². The number of aromatic nitrogens is 3. The van der Waals surface area contributed by atoms with E-state index < -0.39 is 11.0 Å². The summed E-state index contributed by atoms with van der Waals surface area (Å²) in [5.74, 6) is -0.188. The van der Waals surface area contributed by atoms with Crippen LogP contribution in [0.5, 0.6) is 0 Å². The van der Waals surface area contributed by atoms with Gasteiger partial charge in [-0.3, -0.25) is 9.59 Å². The first-order chi connectivity index (χ1) is 14.2. The highest BCUT2D eigenvalue weighted by atomic mass is 16.2. The largest absolute Gasteiger partial charge is 0.329 e. The molecule has 5 rings (SSSR count). The van der Waals surface area contributed by atoms with E-state index in [1.54, 1.807) is 4.90 Å². The lowest BCUT2D eigenvalue weighted by molar-refractivity contribution is -0.122. The first kappa shape index (κ1) is 17.8. The smallest absolute Gasteiger partial charge is 0.275 e. The summed E-state index contributed by atoms with van der Waals surface area (Å²) in [5.41, 5.74) is 2.19. The van der Waals surface area contributed by atoms with Gasteiger partial charge in [0.2, 0.25) is 6.41 Å². The number of para-hydroxylation sites is 1. The maximum Gasteiger partial charge on any atom is 0.275 e. The summed E-state index contributed by atoms with van der Waals surface area (Å²) < 4.78 is 1.39. The van der Waals surface area contributed by atoms with E-state index in [0.717, 1.165) is 18.4 Å². The molecule has 1 aromatic heterocycles. The van der Waals surface area contributed by atoms with Crippen molar-refractivity contribution in [2.24, 2.45) is 0 Å². The molecule has 1 saturated heterocycles. The summed E-state index contributed by atoms with van der Waals surface area (Å²) in [7, 11) is 0. The van der Waals surface area contributed by atoms with Crippen LogP contribution in [0.4, 0.5) is 0 Å². The SMILES string of the molecule is C=CC[C@]12CCN(C=O)[C@@]1(C(=O)n1nnc3ccccc31)CCc1ccccc12. The van der Waals surface area contributed by atoms with Gasteiger partial charge in [0, 0.05) is 12.0 Å². The van der Waals surface area contributed by atoms with E-state index in [9.17, 15) is 9.59 Å². The zero-order valence-electron chi connectivity index (χ0n) is 16.1. The predicted molar refractivity (Wildman–Crippen MR) is 110 cm³/mol. The number of rotatable bonds is 4. The molecule has 1 aliphatic carbocycles. The van der Waals surface area contributed by atoms with Crippen LogP contribution in [0.15, 0.2) is 61.2 Å². The molecule has 29 heavy (non-hydrogen) atoms. The van der Waals surface area contributed by atoms with Crippen LogP contribution in [-0.2, 0) is 16.6 Å². The summed E-state index contributed by atoms with van der Waals surface area (Å²) in [6.07, 6.45) is 5.33. The van der Waals surface area contributed by atoms with Crippen LogP contribution in [0.25, 0.3) is 11.0 Å². The normalized spacial score (nSPS) is 25.4. The number of allylic oxidation sites excluding steroid dienone is 1. The second-order valence-corrected chi connectivity index (χ2v) is 7.94. The lowest BCUT2D eigenvalue weighted by atomic mass is 9.57. The van der Waals surface area contributed by atoms with Gasteiger partial charge in [0.15, 0.2) is 0 Å². The van der Waals surface area contributed by atoms with E-state index in [1.807, 2.05) is 42.5 Å². The van der Waals surface area contributed by atoms with Gasteiger partial charge < -0.3 is 4.90 Å². The van der Waals surface area contributed by atoms with Crippen molar-refractivity contribution >= 4 is 23.4 Å². The van der Waals surface area contributed by atoms with Crippen molar-refractivity contribution in [2.75, 3.05) is 6.54 Å². The molecular formula is C23H22N4O2. The van der Waals surface area contributed by atoms with Crippen molar-refractivity contribution in [1.82, 2.24) is 19.9 Å². The molecule has 0 saturated carbocycles. The highest BCUT2D eigenvalue weighted by molar-refractivity contribution is 5.98. The summed E-state index contributed by atoms with van der Waals surface area (Å²) in [6.45, 7) is 4.52. The Balaban J connectivity index is 1.78. The number of carbonyl (C=O) groups is 2. The maximum absolute atomic E-state index is 14.2. The Morgan fingerprint density at radius 1 is 1.14 bits per heavy atom. The minimum absolute atomic E-state index is 0.188. The van der Waals surface area contributed by atoms with Crippen molar-refractivity contribution < 1.29 is 9.59 Å². The Bertz CT molecular complexity index is 1140. The Morgan fingerprint density at radius 2 is 1.93 bits per heavy atom. The molecule has 2 aliphatic rings. The molecule has 146 valence electrons. The van der Waals surface area contributed by atoms with Crippen LogP contribution < -0.4 is 0 Å². The number of likely N-dealkylation sites (tertiary alicyclic amines) is 1. The van der Waals surface area contributed by atoms with Crippen LogP contribution in [0, 0.1) is 0 Å². The summed E-state index contributed by atoms with van der Waals surface area (Å²) >= 11 is 0. The molecule has 2 aromatic carbocycles.